The molecule has 0 amide bonds. The molecule has 0 aliphatic carbocycles. The SMILES string of the molecule is CCOC(=N)C(O)c1ccc(C)s1. The molecule has 0 saturated heterocycles. The first-order valence-electron chi connectivity index (χ1n) is 4.10. The number of ether oxygens (including phenoxy) is 1. The number of hydrogen-bond donors (Lipinski definition) is 2. The molecule has 0 saturated carbocycles. The minimum atomic E-state index is -0.904. The van der Waals surface area contributed by atoms with E-state index in [1.165, 1.54) is 11.3 Å². The molecule has 0 spiro atoms. The van der Waals surface area contributed by atoms with Crippen LogP contribution in [0.5, 0.6) is 0 Å². The summed E-state index contributed by atoms with van der Waals surface area (Å²) in [6.45, 7) is 4.17. The summed E-state index contributed by atoms with van der Waals surface area (Å²) < 4.78 is 4.91. The Bertz CT molecular complexity index is 296. The lowest BCUT2D eigenvalue weighted by atomic mass is 10.3. The van der Waals surface area contributed by atoms with Gasteiger partial charge >= 0.3 is 0 Å². The van der Waals surface area contributed by atoms with Gasteiger partial charge in [0.15, 0.2) is 6.10 Å². The first-order chi connectivity index (χ1) is 6.15. The van der Waals surface area contributed by atoms with Crippen molar-refractivity contribution in [3.05, 3.63) is 21.9 Å². The molecule has 0 aromatic carbocycles. The van der Waals surface area contributed by atoms with Crippen LogP contribution in [0, 0.1) is 12.3 Å². The van der Waals surface area contributed by atoms with Gasteiger partial charge in [0.1, 0.15) is 0 Å². The summed E-state index contributed by atoms with van der Waals surface area (Å²) in [7, 11) is 0. The summed E-state index contributed by atoms with van der Waals surface area (Å²) in [6.07, 6.45) is -0.904. The zero-order valence-corrected chi connectivity index (χ0v) is 8.52. The van der Waals surface area contributed by atoms with Gasteiger partial charge in [-0.3, -0.25) is 5.41 Å². The highest BCUT2D eigenvalue weighted by Crippen LogP contribution is 2.23. The molecule has 1 atom stereocenters. The quantitative estimate of drug-likeness (QED) is 0.578. The fourth-order valence-electron chi connectivity index (χ4n) is 0.964. The van der Waals surface area contributed by atoms with Crippen LogP contribution >= 0.6 is 11.3 Å². The van der Waals surface area contributed by atoms with Gasteiger partial charge in [0, 0.05) is 9.75 Å². The predicted octanol–water partition coefficient (Wildman–Crippen LogP) is 2.10. The van der Waals surface area contributed by atoms with Gasteiger partial charge in [0.25, 0.3) is 0 Å². The molecule has 1 unspecified atom stereocenters. The van der Waals surface area contributed by atoms with Crippen molar-refractivity contribution in [2.45, 2.75) is 20.0 Å². The standard InChI is InChI=1S/C9H13NO2S/c1-3-12-9(10)8(11)7-5-4-6(2)13-7/h4-5,8,10-11H,3H2,1-2H3. The van der Waals surface area contributed by atoms with E-state index in [9.17, 15) is 5.11 Å². The highest BCUT2D eigenvalue weighted by Gasteiger charge is 2.15. The molecule has 1 aromatic heterocycles. The number of nitrogens with one attached hydrogen (secondary N) is 1. The zero-order chi connectivity index (χ0) is 9.84. The monoisotopic (exact) mass is 199 g/mol. The Balaban J connectivity index is 2.67. The molecule has 3 nitrogen and oxygen atoms in total. The number of aliphatic hydroxyl groups is 1. The van der Waals surface area contributed by atoms with E-state index >= 15 is 0 Å². The first kappa shape index (κ1) is 10.2. The van der Waals surface area contributed by atoms with Crippen LogP contribution < -0.4 is 0 Å². The number of aliphatic hydroxyl groups excluding tert-OH is 1. The zero-order valence-electron chi connectivity index (χ0n) is 7.70. The maximum absolute atomic E-state index is 9.59. The van der Waals surface area contributed by atoms with Crippen molar-refractivity contribution >= 4 is 17.2 Å². The van der Waals surface area contributed by atoms with Crippen LogP contribution in [0.1, 0.15) is 22.8 Å². The summed E-state index contributed by atoms with van der Waals surface area (Å²) in [6, 6.07) is 3.74. The maximum Gasteiger partial charge on any atom is 0.215 e. The molecule has 4 heteroatoms. The van der Waals surface area contributed by atoms with Gasteiger partial charge in [-0.05, 0) is 26.0 Å². The molecule has 0 bridgehead atoms. The van der Waals surface area contributed by atoms with Crippen molar-refractivity contribution in [3.63, 3.8) is 0 Å². The molecule has 2 N–H and O–H groups in total. The molecule has 72 valence electrons. The van der Waals surface area contributed by atoms with E-state index in [0.29, 0.717) is 6.61 Å². The van der Waals surface area contributed by atoms with E-state index in [0.717, 1.165) is 9.75 Å². The van der Waals surface area contributed by atoms with Gasteiger partial charge in [0.2, 0.25) is 5.90 Å². The average Bonchev–Trinajstić information content (AvgIpc) is 2.51. The van der Waals surface area contributed by atoms with E-state index in [1.807, 2.05) is 19.1 Å². The molecular weight excluding hydrogens is 186 g/mol. The second kappa shape index (κ2) is 4.39. The summed E-state index contributed by atoms with van der Waals surface area (Å²) >= 11 is 1.48. The lowest BCUT2D eigenvalue weighted by Gasteiger charge is -2.09. The van der Waals surface area contributed by atoms with Crippen LogP contribution in [0.4, 0.5) is 0 Å². The highest BCUT2D eigenvalue weighted by molar-refractivity contribution is 7.12. The van der Waals surface area contributed by atoms with Gasteiger partial charge in [0.05, 0.1) is 6.61 Å². The summed E-state index contributed by atoms with van der Waals surface area (Å²) in [5.74, 6) is -0.0793. The minimum Gasteiger partial charge on any atom is -0.479 e. The van der Waals surface area contributed by atoms with Gasteiger partial charge in [-0.2, -0.15) is 0 Å². The minimum absolute atomic E-state index is 0.0793. The Hall–Kier alpha value is -0.870. The summed E-state index contributed by atoms with van der Waals surface area (Å²) in [4.78, 5) is 1.88. The van der Waals surface area contributed by atoms with Crippen LogP contribution in [0.3, 0.4) is 0 Å². The van der Waals surface area contributed by atoms with Crippen LogP contribution in [-0.4, -0.2) is 17.6 Å². The van der Waals surface area contributed by atoms with E-state index in [2.05, 4.69) is 0 Å². The second-order valence-electron chi connectivity index (χ2n) is 2.65. The van der Waals surface area contributed by atoms with Crippen LogP contribution in [0.25, 0.3) is 0 Å². The third-order valence-corrected chi connectivity index (χ3v) is 2.63. The molecule has 0 fully saturated rings. The van der Waals surface area contributed by atoms with E-state index < -0.39 is 6.10 Å². The summed E-state index contributed by atoms with van der Waals surface area (Å²) in [5, 5.41) is 17.0. The molecule has 0 aliphatic heterocycles. The Labute approximate surface area is 81.5 Å². The van der Waals surface area contributed by atoms with Crippen LogP contribution in [0.15, 0.2) is 12.1 Å². The molecule has 13 heavy (non-hydrogen) atoms. The predicted molar refractivity (Wildman–Crippen MR) is 53.4 cm³/mol. The normalized spacial score (nSPS) is 12.5. The summed E-state index contributed by atoms with van der Waals surface area (Å²) in [5.41, 5.74) is 0. The van der Waals surface area contributed by atoms with E-state index in [1.54, 1.807) is 6.92 Å². The van der Waals surface area contributed by atoms with Crippen LogP contribution in [-0.2, 0) is 4.74 Å². The van der Waals surface area contributed by atoms with Crippen molar-refractivity contribution in [1.82, 2.24) is 0 Å². The van der Waals surface area contributed by atoms with Crippen molar-refractivity contribution in [3.8, 4) is 0 Å². The van der Waals surface area contributed by atoms with Gasteiger partial charge in [-0.25, -0.2) is 0 Å². The lowest BCUT2D eigenvalue weighted by molar-refractivity contribution is 0.193. The lowest BCUT2D eigenvalue weighted by Crippen LogP contribution is -2.13. The number of rotatable bonds is 3. The van der Waals surface area contributed by atoms with Crippen molar-refractivity contribution < 1.29 is 9.84 Å². The second-order valence-corrected chi connectivity index (χ2v) is 3.97. The third-order valence-electron chi connectivity index (χ3n) is 1.58. The van der Waals surface area contributed by atoms with Gasteiger partial charge in [-0.15, -0.1) is 11.3 Å². The average molecular weight is 199 g/mol. The Morgan fingerprint density at radius 3 is 2.85 bits per heavy atom. The highest BCUT2D eigenvalue weighted by atomic mass is 32.1. The Kier molecular flexibility index (Phi) is 3.45. The fraction of sp³-hybridized carbons (Fsp3) is 0.444. The third kappa shape index (κ3) is 2.54. The maximum atomic E-state index is 9.59. The molecule has 0 radical (unpaired) electrons. The number of thiophene rings is 1. The number of hydrogen-bond acceptors (Lipinski definition) is 4. The topological polar surface area (TPSA) is 53.3 Å². The first-order valence-corrected chi connectivity index (χ1v) is 4.92. The largest absolute Gasteiger partial charge is 0.479 e. The molecular formula is C9H13NO2S. The molecule has 1 aromatic rings. The Morgan fingerprint density at radius 2 is 2.38 bits per heavy atom. The van der Waals surface area contributed by atoms with Gasteiger partial charge in [-0.1, -0.05) is 0 Å². The molecule has 1 heterocycles. The van der Waals surface area contributed by atoms with E-state index in [4.69, 9.17) is 10.1 Å². The Morgan fingerprint density at radius 1 is 1.69 bits per heavy atom. The fourth-order valence-corrected chi connectivity index (χ4v) is 1.83. The smallest absolute Gasteiger partial charge is 0.215 e. The molecule has 0 aliphatic rings. The van der Waals surface area contributed by atoms with E-state index in [-0.39, 0.29) is 5.90 Å². The molecule has 1 rings (SSSR count). The van der Waals surface area contributed by atoms with Crippen molar-refractivity contribution in [2.75, 3.05) is 6.61 Å². The number of aryl methyl sites for hydroxylation is 1. The van der Waals surface area contributed by atoms with Crippen molar-refractivity contribution in [1.29, 1.82) is 5.41 Å². The van der Waals surface area contributed by atoms with Crippen LogP contribution in [0.2, 0.25) is 0 Å². The van der Waals surface area contributed by atoms with Gasteiger partial charge < -0.3 is 9.84 Å². The van der Waals surface area contributed by atoms with Crippen molar-refractivity contribution in [2.24, 2.45) is 0 Å².